The molecular weight excluding hydrogens is 285 g/mol. The standard InChI is InChI=1S/C15H24O3S.Mg.2H/c1-2-3-4-5-6-7-11-14-18-19(16,17)15-12-9-8-10-13-15;;;/h8-10,12-13H,2-7,11,14H2,1H3;;;/q;+2;2*-1. The zero-order chi connectivity index (χ0) is 14.0. The van der Waals surface area contributed by atoms with E-state index >= 15 is 0 Å². The molecule has 0 spiro atoms. The summed E-state index contributed by atoms with van der Waals surface area (Å²) in [5, 5.41) is 0. The first-order chi connectivity index (χ1) is 9.17. The molecule has 0 aliphatic rings. The van der Waals surface area contributed by atoms with Crippen LogP contribution in [0.2, 0.25) is 0 Å². The van der Waals surface area contributed by atoms with Gasteiger partial charge in [0.25, 0.3) is 10.1 Å². The van der Waals surface area contributed by atoms with Crippen molar-refractivity contribution >= 4 is 33.2 Å². The van der Waals surface area contributed by atoms with Crippen molar-refractivity contribution in [2.75, 3.05) is 6.61 Å². The Kier molecular flexibility index (Phi) is 11.5. The zero-order valence-electron chi connectivity index (χ0n) is 14.4. The molecule has 0 N–H and O–H groups in total. The van der Waals surface area contributed by atoms with Crippen molar-refractivity contribution < 1.29 is 15.5 Å². The number of hydrogen-bond acceptors (Lipinski definition) is 3. The van der Waals surface area contributed by atoms with E-state index in [9.17, 15) is 8.42 Å². The minimum Gasteiger partial charge on any atom is -1.00 e. The zero-order valence-corrected chi connectivity index (χ0v) is 14.6. The quantitative estimate of drug-likeness (QED) is 0.373. The molecular formula is C15H26MgO3S. The third-order valence-corrected chi connectivity index (χ3v) is 4.34. The molecule has 0 bridgehead atoms. The largest absolute Gasteiger partial charge is 2.00 e. The average molecular weight is 311 g/mol. The SMILES string of the molecule is CCCCCCCCCOS(=O)(=O)c1ccccc1.[H-].[H-].[Mg+2]. The molecule has 0 fully saturated rings. The Labute approximate surface area is 142 Å². The van der Waals surface area contributed by atoms with Gasteiger partial charge in [-0.1, -0.05) is 63.6 Å². The van der Waals surface area contributed by atoms with Gasteiger partial charge in [0.05, 0.1) is 11.5 Å². The monoisotopic (exact) mass is 310 g/mol. The van der Waals surface area contributed by atoms with Gasteiger partial charge in [-0.15, -0.1) is 0 Å². The minimum atomic E-state index is -3.56. The van der Waals surface area contributed by atoms with Gasteiger partial charge in [-0.3, -0.25) is 4.18 Å². The van der Waals surface area contributed by atoms with Crippen LogP contribution >= 0.6 is 0 Å². The van der Waals surface area contributed by atoms with Gasteiger partial charge in [0.1, 0.15) is 0 Å². The van der Waals surface area contributed by atoms with Crippen LogP contribution in [0.5, 0.6) is 0 Å². The van der Waals surface area contributed by atoms with Gasteiger partial charge in [0, 0.05) is 0 Å². The second-order valence-corrected chi connectivity index (χ2v) is 6.33. The summed E-state index contributed by atoms with van der Waals surface area (Å²) in [4.78, 5) is 0.234. The second kappa shape index (κ2) is 11.5. The molecule has 0 saturated heterocycles. The van der Waals surface area contributed by atoms with Crippen molar-refractivity contribution in [3.63, 3.8) is 0 Å². The molecule has 3 nitrogen and oxygen atoms in total. The summed E-state index contributed by atoms with van der Waals surface area (Å²) in [5.41, 5.74) is 0. The predicted molar refractivity (Wildman–Crippen MR) is 85.6 cm³/mol. The van der Waals surface area contributed by atoms with Crippen LogP contribution in [-0.2, 0) is 14.3 Å². The molecule has 1 aromatic carbocycles. The van der Waals surface area contributed by atoms with Crippen molar-refractivity contribution in [2.24, 2.45) is 0 Å². The second-order valence-electron chi connectivity index (χ2n) is 4.71. The van der Waals surface area contributed by atoms with Gasteiger partial charge in [-0.05, 0) is 18.6 Å². The smallest absolute Gasteiger partial charge is 1.00 e. The Morgan fingerprint density at radius 1 is 0.950 bits per heavy atom. The van der Waals surface area contributed by atoms with Gasteiger partial charge in [-0.2, -0.15) is 8.42 Å². The normalized spacial score (nSPS) is 11.1. The number of benzene rings is 1. The first kappa shape index (κ1) is 19.9. The van der Waals surface area contributed by atoms with Gasteiger partial charge in [0.2, 0.25) is 0 Å². The van der Waals surface area contributed by atoms with Crippen LogP contribution in [0.1, 0.15) is 54.7 Å². The van der Waals surface area contributed by atoms with Crippen LogP contribution in [0.3, 0.4) is 0 Å². The molecule has 0 aliphatic heterocycles. The fourth-order valence-electron chi connectivity index (χ4n) is 1.88. The van der Waals surface area contributed by atoms with Crippen LogP contribution in [0, 0.1) is 0 Å². The molecule has 0 amide bonds. The molecule has 5 heteroatoms. The van der Waals surface area contributed by atoms with Crippen LogP contribution in [0.25, 0.3) is 0 Å². The van der Waals surface area contributed by atoms with Crippen molar-refractivity contribution in [2.45, 2.75) is 56.8 Å². The molecule has 0 aromatic heterocycles. The molecule has 112 valence electrons. The fraction of sp³-hybridized carbons (Fsp3) is 0.600. The summed E-state index contributed by atoms with van der Waals surface area (Å²) >= 11 is 0. The van der Waals surface area contributed by atoms with Gasteiger partial charge in [0.15, 0.2) is 0 Å². The van der Waals surface area contributed by atoms with Crippen LogP contribution < -0.4 is 0 Å². The van der Waals surface area contributed by atoms with Crippen molar-refractivity contribution in [1.82, 2.24) is 0 Å². The Balaban J connectivity index is -0.00000120. The van der Waals surface area contributed by atoms with E-state index in [1.165, 1.54) is 25.7 Å². The van der Waals surface area contributed by atoms with Crippen molar-refractivity contribution in [3.8, 4) is 0 Å². The van der Waals surface area contributed by atoms with E-state index in [1.807, 2.05) is 0 Å². The van der Waals surface area contributed by atoms with Crippen molar-refractivity contribution in [3.05, 3.63) is 30.3 Å². The van der Waals surface area contributed by atoms with Crippen LogP contribution in [-0.4, -0.2) is 38.1 Å². The molecule has 1 aromatic rings. The third kappa shape index (κ3) is 8.24. The first-order valence-electron chi connectivity index (χ1n) is 7.11. The Bertz CT molecular complexity index is 441. The Hall–Kier alpha value is -0.104. The maximum atomic E-state index is 11.8. The van der Waals surface area contributed by atoms with Crippen LogP contribution in [0.4, 0.5) is 0 Å². The molecule has 0 aliphatic carbocycles. The molecule has 0 saturated carbocycles. The third-order valence-electron chi connectivity index (χ3n) is 3.02. The Morgan fingerprint density at radius 2 is 1.50 bits per heavy atom. The van der Waals surface area contributed by atoms with Crippen LogP contribution in [0.15, 0.2) is 35.2 Å². The van der Waals surface area contributed by atoms with E-state index in [0.29, 0.717) is 0 Å². The van der Waals surface area contributed by atoms with E-state index in [2.05, 4.69) is 6.92 Å². The summed E-state index contributed by atoms with van der Waals surface area (Å²) < 4.78 is 28.6. The fourth-order valence-corrected chi connectivity index (χ4v) is 2.85. The summed E-state index contributed by atoms with van der Waals surface area (Å²) in [6, 6.07) is 8.30. The van der Waals surface area contributed by atoms with E-state index in [0.717, 1.165) is 19.3 Å². The maximum absolute atomic E-state index is 11.8. The molecule has 0 radical (unpaired) electrons. The first-order valence-corrected chi connectivity index (χ1v) is 8.52. The van der Waals surface area contributed by atoms with E-state index in [1.54, 1.807) is 30.3 Å². The summed E-state index contributed by atoms with van der Waals surface area (Å²) in [6.07, 6.45) is 8.05. The van der Waals surface area contributed by atoms with Gasteiger partial charge >= 0.3 is 23.1 Å². The minimum absolute atomic E-state index is 0. The maximum Gasteiger partial charge on any atom is 2.00 e. The molecule has 0 unspecified atom stereocenters. The molecule has 1 rings (SSSR count). The predicted octanol–water partition coefficient (Wildman–Crippen LogP) is 3.99. The molecule has 20 heavy (non-hydrogen) atoms. The summed E-state index contributed by atoms with van der Waals surface area (Å²) in [7, 11) is -3.56. The summed E-state index contributed by atoms with van der Waals surface area (Å²) in [6.45, 7) is 2.48. The van der Waals surface area contributed by atoms with Crippen molar-refractivity contribution in [1.29, 1.82) is 0 Å². The number of unbranched alkanes of at least 4 members (excludes halogenated alkanes) is 6. The number of hydrogen-bond donors (Lipinski definition) is 0. The molecule has 0 heterocycles. The van der Waals surface area contributed by atoms with E-state index < -0.39 is 10.1 Å². The number of rotatable bonds is 10. The average Bonchev–Trinajstić information content (AvgIpc) is 2.43. The van der Waals surface area contributed by atoms with Gasteiger partial charge < -0.3 is 2.85 Å². The van der Waals surface area contributed by atoms with Gasteiger partial charge in [-0.25, -0.2) is 0 Å². The topological polar surface area (TPSA) is 43.4 Å². The van der Waals surface area contributed by atoms with E-state index in [4.69, 9.17) is 4.18 Å². The van der Waals surface area contributed by atoms with E-state index in [-0.39, 0.29) is 37.4 Å². The Morgan fingerprint density at radius 3 is 2.10 bits per heavy atom. The summed E-state index contributed by atoms with van der Waals surface area (Å²) in [5.74, 6) is 0. The molecule has 0 atom stereocenters.